The number of amides is 2. The minimum Gasteiger partial charge on any atom is -0.459 e. The van der Waals surface area contributed by atoms with Crippen LogP contribution in [0.3, 0.4) is 0 Å². The highest BCUT2D eigenvalue weighted by Crippen LogP contribution is 2.38. The van der Waals surface area contributed by atoms with E-state index in [0.29, 0.717) is 19.4 Å². The lowest BCUT2D eigenvalue weighted by Crippen LogP contribution is -2.68. The molecule has 3 atom stereocenters. The molecule has 270 valence electrons. The van der Waals surface area contributed by atoms with Gasteiger partial charge in [-0.25, -0.2) is 9.59 Å². The number of likely N-dealkylation sites (tertiary alicyclic amines) is 1. The fourth-order valence-electron chi connectivity index (χ4n) is 7.16. The number of rotatable bonds is 11. The number of carbonyl (C=O) groups is 3. The predicted molar refractivity (Wildman–Crippen MR) is 201 cm³/mol. The molecule has 1 heterocycles. The Balaban J connectivity index is 1.72. The number of ether oxygens (including phenoxy) is 2. The second kappa shape index (κ2) is 16.4. The van der Waals surface area contributed by atoms with Gasteiger partial charge in [-0.2, -0.15) is 0 Å². The van der Waals surface area contributed by atoms with E-state index < -0.39 is 44.0 Å². The van der Waals surface area contributed by atoms with Gasteiger partial charge in [-0.15, -0.1) is 0 Å². The van der Waals surface area contributed by atoms with Crippen molar-refractivity contribution in [2.24, 2.45) is 11.8 Å². The molecule has 1 fully saturated rings. The van der Waals surface area contributed by atoms with Crippen LogP contribution in [0.2, 0.25) is 5.04 Å². The molecule has 2 amide bonds. The van der Waals surface area contributed by atoms with Crippen LogP contribution in [0.25, 0.3) is 0 Å². The van der Waals surface area contributed by atoms with Gasteiger partial charge in [0.15, 0.2) is 0 Å². The first kappa shape index (κ1) is 38.8. The Kier molecular flexibility index (Phi) is 12.7. The van der Waals surface area contributed by atoms with Gasteiger partial charge in [0.1, 0.15) is 18.2 Å². The Morgan fingerprint density at radius 3 is 1.84 bits per heavy atom. The van der Waals surface area contributed by atoms with E-state index in [-0.39, 0.29) is 30.1 Å². The first-order valence-electron chi connectivity index (χ1n) is 17.8. The summed E-state index contributed by atoms with van der Waals surface area (Å²) in [6, 6.07) is 28.7. The van der Waals surface area contributed by atoms with Gasteiger partial charge in [-0.1, -0.05) is 126 Å². The molecular formula is C41H56N2O6Si. The summed E-state index contributed by atoms with van der Waals surface area (Å²) < 4.78 is 19.0. The number of benzene rings is 3. The fourth-order valence-corrected chi connectivity index (χ4v) is 11.7. The van der Waals surface area contributed by atoms with E-state index in [1.165, 1.54) is 4.90 Å². The molecule has 1 aliphatic rings. The summed E-state index contributed by atoms with van der Waals surface area (Å²) in [4.78, 5) is 45.3. The van der Waals surface area contributed by atoms with Crippen LogP contribution in [0.4, 0.5) is 4.79 Å². The molecule has 0 aromatic heterocycles. The van der Waals surface area contributed by atoms with Gasteiger partial charge in [-0.05, 0) is 60.5 Å². The molecule has 3 aromatic carbocycles. The summed E-state index contributed by atoms with van der Waals surface area (Å²) in [7, 11) is -1.34. The van der Waals surface area contributed by atoms with E-state index in [1.54, 1.807) is 11.9 Å². The van der Waals surface area contributed by atoms with Crippen LogP contribution in [-0.4, -0.2) is 74.0 Å². The maximum atomic E-state index is 14.6. The minimum absolute atomic E-state index is 0.121. The Morgan fingerprint density at radius 2 is 1.36 bits per heavy atom. The summed E-state index contributed by atoms with van der Waals surface area (Å²) >= 11 is 0. The third-order valence-electron chi connectivity index (χ3n) is 9.47. The second-order valence-electron chi connectivity index (χ2n) is 15.7. The third-order valence-corrected chi connectivity index (χ3v) is 14.5. The Hall–Kier alpha value is -3.95. The van der Waals surface area contributed by atoms with Crippen LogP contribution in [0.15, 0.2) is 91.0 Å². The van der Waals surface area contributed by atoms with Crippen molar-refractivity contribution in [3.63, 3.8) is 0 Å². The maximum absolute atomic E-state index is 14.6. The molecule has 1 saturated heterocycles. The molecule has 1 aliphatic heterocycles. The molecule has 3 aromatic rings. The molecule has 0 saturated carbocycles. The Bertz CT molecular complexity index is 1510. The van der Waals surface area contributed by atoms with Crippen molar-refractivity contribution in [2.75, 3.05) is 20.2 Å². The summed E-state index contributed by atoms with van der Waals surface area (Å²) in [6.45, 7) is 16.6. The fraction of sp³-hybridized carbons (Fsp3) is 0.488. The van der Waals surface area contributed by atoms with E-state index in [4.69, 9.17) is 13.9 Å². The molecule has 0 bridgehead atoms. The Labute approximate surface area is 300 Å². The number of piperidine rings is 1. The van der Waals surface area contributed by atoms with E-state index in [1.807, 2.05) is 101 Å². The van der Waals surface area contributed by atoms with Gasteiger partial charge >= 0.3 is 12.1 Å². The quantitative estimate of drug-likeness (QED) is 0.162. The summed E-state index contributed by atoms with van der Waals surface area (Å²) in [5.41, 5.74) is 0.151. The van der Waals surface area contributed by atoms with Gasteiger partial charge in [0.05, 0.1) is 18.6 Å². The zero-order valence-electron chi connectivity index (χ0n) is 31.3. The highest BCUT2D eigenvalue weighted by atomic mass is 28.4. The van der Waals surface area contributed by atoms with Gasteiger partial charge < -0.3 is 23.7 Å². The number of nitrogens with zero attached hydrogens (tertiary/aromatic N) is 2. The first-order valence-corrected chi connectivity index (χ1v) is 19.7. The standard InChI is InChI=1S/C41H56N2O6Si/c1-30(2)36(38(45)47-28-31-20-13-10-14-21-31)42(9)37(44)34-26-19-27-43(39(46)49-40(3,4)5)35(34)29-48-50(41(6,7)8,32-22-15-11-16-23-32)33-24-17-12-18-25-33/h10-18,20-25,30,34-36H,19,26-29H2,1-9H3/t34-,35+,36+/m1/s1. The van der Waals surface area contributed by atoms with Crippen molar-refractivity contribution in [3.05, 3.63) is 96.6 Å². The number of carbonyl (C=O) groups excluding carboxylic acids is 3. The van der Waals surface area contributed by atoms with Crippen molar-refractivity contribution >= 4 is 36.7 Å². The third kappa shape index (κ3) is 9.03. The molecule has 8 nitrogen and oxygen atoms in total. The molecule has 0 aliphatic carbocycles. The summed E-state index contributed by atoms with van der Waals surface area (Å²) in [5, 5.41) is 1.92. The van der Waals surface area contributed by atoms with Gasteiger partial charge in [-0.3, -0.25) is 4.79 Å². The average molecular weight is 701 g/mol. The lowest BCUT2D eigenvalue weighted by atomic mass is 9.87. The molecule has 0 spiro atoms. The molecule has 0 unspecified atom stereocenters. The molecule has 0 radical (unpaired) electrons. The maximum Gasteiger partial charge on any atom is 0.410 e. The Morgan fingerprint density at radius 1 is 0.840 bits per heavy atom. The first-order chi connectivity index (χ1) is 23.6. The smallest absolute Gasteiger partial charge is 0.410 e. The molecule has 50 heavy (non-hydrogen) atoms. The molecule has 0 N–H and O–H groups in total. The van der Waals surface area contributed by atoms with Crippen LogP contribution in [0.5, 0.6) is 0 Å². The molecular weight excluding hydrogens is 645 g/mol. The minimum atomic E-state index is -3.01. The number of hydrogen-bond donors (Lipinski definition) is 0. The van der Waals surface area contributed by atoms with E-state index in [9.17, 15) is 14.4 Å². The highest BCUT2D eigenvalue weighted by molar-refractivity contribution is 6.99. The normalized spacial score (nSPS) is 17.6. The van der Waals surface area contributed by atoms with Crippen LogP contribution in [0.1, 0.15) is 73.8 Å². The number of hydrogen-bond acceptors (Lipinski definition) is 6. The predicted octanol–water partition coefficient (Wildman–Crippen LogP) is 6.81. The topological polar surface area (TPSA) is 85.4 Å². The second-order valence-corrected chi connectivity index (χ2v) is 20.0. The number of esters is 1. The number of likely N-dealkylation sites (N-methyl/N-ethyl adjacent to an activating group) is 1. The average Bonchev–Trinajstić information content (AvgIpc) is 3.07. The van der Waals surface area contributed by atoms with E-state index in [2.05, 4.69) is 45.0 Å². The molecule has 4 rings (SSSR count). The van der Waals surface area contributed by atoms with Gasteiger partial charge in [0, 0.05) is 13.6 Å². The lowest BCUT2D eigenvalue weighted by molar-refractivity contribution is -0.160. The monoisotopic (exact) mass is 700 g/mol. The van der Waals surface area contributed by atoms with Gasteiger partial charge in [0.2, 0.25) is 5.91 Å². The zero-order valence-corrected chi connectivity index (χ0v) is 32.3. The van der Waals surface area contributed by atoms with Crippen molar-refractivity contribution in [1.82, 2.24) is 9.80 Å². The summed E-state index contributed by atoms with van der Waals surface area (Å²) in [6.07, 6.45) is 0.682. The van der Waals surface area contributed by atoms with Crippen LogP contribution in [0, 0.1) is 11.8 Å². The van der Waals surface area contributed by atoms with E-state index >= 15 is 0 Å². The summed E-state index contributed by atoms with van der Waals surface area (Å²) in [5.74, 6) is -1.50. The van der Waals surface area contributed by atoms with Crippen LogP contribution >= 0.6 is 0 Å². The van der Waals surface area contributed by atoms with Crippen molar-refractivity contribution in [3.8, 4) is 0 Å². The zero-order chi connectivity index (χ0) is 36.7. The molecule has 9 heteroatoms. The van der Waals surface area contributed by atoms with Gasteiger partial charge in [0.25, 0.3) is 8.32 Å². The largest absolute Gasteiger partial charge is 0.459 e. The SMILES string of the molecule is CC(C)[C@@H](C(=O)OCc1ccccc1)N(C)C(=O)[C@@H]1CCCN(C(=O)OC(C)(C)C)[C@H]1CO[Si](c1ccccc1)(c1ccccc1)C(C)(C)C. The van der Waals surface area contributed by atoms with Crippen molar-refractivity contribution in [2.45, 2.75) is 97.6 Å². The lowest BCUT2D eigenvalue weighted by Gasteiger charge is -2.47. The van der Waals surface area contributed by atoms with Crippen LogP contribution < -0.4 is 10.4 Å². The highest BCUT2D eigenvalue weighted by Gasteiger charge is 2.52. The van der Waals surface area contributed by atoms with Crippen molar-refractivity contribution < 1.29 is 28.3 Å². The van der Waals surface area contributed by atoms with Crippen molar-refractivity contribution in [1.29, 1.82) is 0 Å². The van der Waals surface area contributed by atoms with E-state index in [0.717, 1.165) is 15.9 Å². The van der Waals surface area contributed by atoms with Crippen LogP contribution in [-0.2, 0) is 30.1 Å².